The maximum atomic E-state index is 9.00. The van der Waals surface area contributed by atoms with E-state index in [0.717, 1.165) is 13.1 Å². The van der Waals surface area contributed by atoms with Crippen molar-refractivity contribution in [1.82, 2.24) is 5.32 Å². The van der Waals surface area contributed by atoms with Crippen molar-refractivity contribution in [2.75, 3.05) is 13.1 Å². The zero-order valence-electron chi connectivity index (χ0n) is 5.98. The lowest BCUT2D eigenvalue weighted by atomic mass is 10.7. The van der Waals surface area contributed by atoms with Gasteiger partial charge in [-0.2, -0.15) is 0 Å². The summed E-state index contributed by atoms with van der Waals surface area (Å²) in [5, 5.41) is 3.11. The molecule has 0 aromatic rings. The number of urea groups is 1. The summed E-state index contributed by atoms with van der Waals surface area (Å²) in [6.45, 7) is 6.39. The number of carbonyl (C=O) groups excluding carboxylic acids is 1. The van der Waals surface area contributed by atoms with Crippen molar-refractivity contribution in [2.45, 2.75) is 13.8 Å². The molecule has 56 valence electrons. The van der Waals surface area contributed by atoms with Gasteiger partial charge in [-0.1, -0.05) is 13.8 Å². The van der Waals surface area contributed by atoms with Gasteiger partial charge < -0.3 is 16.8 Å². The predicted octanol–water partition coefficient (Wildman–Crippen LogP) is -0.360. The Hall–Kier alpha value is -0.770. The van der Waals surface area contributed by atoms with Gasteiger partial charge in [0.15, 0.2) is 0 Å². The molecule has 0 aliphatic carbocycles. The second kappa shape index (κ2) is 10.3. The summed E-state index contributed by atoms with van der Waals surface area (Å²) in [4.78, 5) is 9.00. The number of carbonyl (C=O) groups is 1. The van der Waals surface area contributed by atoms with Crippen LogP contribution in [0.4, 0.5) is 4.79 Å². The van der Waals surface area contributed by atoms with Gasteiger partial charge in [-0.3, -0.25) is 0 Å². The quantitative estimate of drug-likeness (QED) is 0.480. The van der Waals surface area contributed by atoms with Crippen molar-refractivity contribution in [2.24, 2.45) is 11.5 Å². The van der Waals surface area contributed by atoms with Crippen LogP contribution < -0.4 is 16.8 Å². The number of rotatable bonds is 2. The molecule has 5 N–H and O–H groups in total. The Bertz CT molecular complexity index is 59.2. The van der Waals surface area contributed by atoms with Crippen molar-refractivity contribution < 1.29 is 4.79 Å². The highest BCUT2D eigenvalue weighted by Gasteiger charge is 1.62. The first-order valence-electron chi connectivity index (χ1n) is 2.90. The minimum absolute atomic E-state index is 0.833. The number of primary amides is 2. The smallest absolute Gasteiger partial charge is 0.309 e. The van der Waals surface area contributed by atoms with Crippen LogP contribution in [0.25, 0.3) is 0 Å². The highest BCUT2D eigenvalue weighted by atomic mass is 16.2. The fourth-order valence-electron chi connectivity index (χ4n) is 0.250. The molecule has 0 bridgehead atoms. The highest BCUT2D eigenvalue weighted by molar-refractivity contribution is 5.69. The molecule has 0 fully saturated rings. The van der Waals surface area contributed by atoms with E-state index in [0.29, 0.717) is 0 Å². The van der Waals surface area contributed by atoms with Gasteiger partial charge in [0.2, 0.25) is 0 Å². The molecular formula is C5H15N3O. The van der Waals surface area contributed by atoms with Gasteiger partial charge in [0.05, 0.1) is 0 Å². The normalized spacial score (nSPS) is 7.33. The van der Waals surface area contributed by atoms with Crippen LogP contribution in [0.5, 0.6) is 0 Å². The van der Waals surface area contributed by atoms with Gasteiger partial charge in [-0.25, -0.2) is 4.79 Å². The number of amides is 2. The van der Waals surface area contributed by atoms with E-state index in [2.05, 4.69) is 30.6 Å². The van der Waals surface area contributed by atoms with E-state index in [1.807, 2.05) is 0 Å². The number of nitrogens with two attached hydrogens (primary N) is 2. The minimum atomic E-state index is -0.833. The van der Waals surface area contributed by atoms with Crippen LogP contribution in [-0.4, -0.2) is 19.1 Å². The lowest BCUT2D eigenvalue weighted by Gasteiger charge is -1.86. The van der Waals surface area contributed by atoms with E-state index in [1.165, 1.54) is 0 Å². The van der Waals surface area contributed by atoms with Crippen LogP contribution >= 0.6 is 0 Å². The second-order valence-corrected chi connectivity index (χ2v) is 1.36. The summed E-state index contributed by atoms with van der Waals surface area (Å²) in [7, 11) is 0. The number of hydrogen-bond acceptors (Lipinski definition) is 2. The summed E-state index contributed by atoms with van der Waals surface area (Å²) in [5.74, 6) is 0. The molecule has 0 aliphatic heterocycles. The summed E-state index contributed by atoms with van der Waals surface area (Å²) in [5.41, 5.74) is 8.50. The largest absolute Gasteiger partial charge is 0.352 e. The first-order chi connectivity index (χ1) is 4.15. The minimum Gasteiger partial charge on any atom is -0.352 e. The van der Waals surface area contributed by atoms with Crippen LogP contribution in [-0.2, 0) is 0 Å². The fourth-order valence-corrected chi connectivity index (χ4v) is 0.250. The van der Waals surface area contributed by atoms with Crippen LogP contribution in [0.3, 0.4) is 0 Å². The molecule has 0 unspecified atom stereocenters. The van der Waals surface area contributed by atoms with Crippen molar-refractivity contribution in [3.8, 4) is 0 Å². The summed E-state index contributed by atoms with van der Waals surface area (Å²) in [6.07, 6.45) is 0. The molecule has 0 aromatic heterocycles. The Labute approximate surface area is 55.6 Å². The van der Waals surface area contributed by atoms with E-state index in [-0.39, 0.29) is 0 Å². The average molecular weight is 133 g/mol. The van der Waals surface area contributed by atoms with Crippen LogP contribution in [0.15, 0.2) is 0 Å². The van der Waals surface area contributed by atoms with E-state index < -0.39 is 6.03 Å². The Kier molecular flexibility index (Phi) is 12.6. The van der Waals surface area contributed by atoms with Crippen LogP contribution in [0, 0.1) is 0 Å². The van der Waals surface area contributed by atoms with Crippen molar-refractivity contribution >= 4 is 6.03 Å². The zero-order chi connectivity index (χ0) is 7.70. The molecule has 9 heavy (non-hydrogen) atoms. The average Bonchev–Trinajstić information content (AvgIpc) is 1.66. The molecule has 4 nitrogen and oxygen atoms in total. The van der Waals surface area contributed by atoms with Gasteiger partial charge in [0, 0.05) is 0 Å². The fraction of sp³-hybridized carbons (Fsp3) is 0.800. The zero-order valence-corrected chi connectivity index (χ0v) is 5.98. The van der Waals surface area contributed by atoms with E-state index >= 15 is 0 Å². The third-order valence-electron chi connectivity index (χ3n) is 0.500. The molecule has 0 rings (SSSR count). The van der Waals surface area contributed by atoms with Crippen molar-refractivity contribution in [1.29, 1.82) is 0 Å². The molecule has 0 aromatic carbocycles. The second-order valence-electron chi connectivity index (χ2n) is 1.36. The highest BCUT2D eigenvalue weighted by Crippen LogP contribution is 1.47. The van der Waals surface area contributed by atoms with Gasteiger partial charge in [0.25, 0.3) is 0 Å². The standard InChI is InChI=1S/C4H11N.CH4N2O/c1-3-5-4-2;2-1(3)4/h5H,3-4H2,1-2H3;(H4,2,3,4). The monoisotopic (exact) mass is 133 g/mol. The lowest BCUT2D eigenvalue weighted by molar-refractivity contribution is 0.256. The Balaban J connectivity index is 0. The molecule has 0 saturated heterocycles. The van der Waals surface area contributed by atoms with Crippen molar-refractivity contribution in [3.05, 3.63) is 0 Å². The number of hydrogen-bond donors (Lipinski definition) is 3. The summed E-state index contributed by atoms with van der Waals surface area (Å²) >= 11 is 0. The van der Waals surface area contributed by atoms with Gasteiger partial charge in [-0.05, 0) is 13.1 Å². The molecule has 0 aliphatic rings. The van der Waals surface area contributed by atoms with Gasteiger partial charge >= 0.3 is 6.03 Å². The summed E-state index contributed by atoms with van der Waals surface area (Å²) < 4.78 is 0. The van der Waals surface area contributed by atoms with Crippen LogP contribution in [0.2, 0.25) is 0 Å². The summed E-state index contributed by atoms with van der Waals surface area (Å²) in [6, 6.07) is -0.833. The lowest BCUT2D eigenvalue weighted by Crippen LogP contribution is -2.18. The van der Waals surface area contributed by atoms with Crippen molar-refractivity contribution in [3.63, 3.8) is 0 Å². The topological polar surface area (TPSA) is 81.1 Å². The van der Waals surface area contributed by atoms with E-state index in [1.54, 1.807) is 0 Å². The predicted molar refractivity (Wildman–Crippen MR) is 38.0 cm³/mol. The van der Waals surface area contributed by atoms with Gasteiger partial charge in [0.1, 0.15) is 0 Å². The molecule has 4 heteroatoms. The van der Waals surface area contributed by atoms with Gasteiger partial charge in [-0.15, -0.1) is 0 Å². The maximum Gasteiger partial charge on any atom is 0.309 e. The van der Waals surface area contributed by atoms with E-state index in [4.69, 9.17) is 4.79 Å². The SMILES string of the molecule is CCNCC.NC(N)=O. The third-order valence-corrected chi connectivity index (χ3v) is 0.500. The van der Waals surface area contributed by atoms with E-state index in [9.17, 15) is 0 Å². The third kappa shape index (κ3) is 131. The first-order valence-corrected chi connectivity index (χ1v) is 2.90. The molecular weight excluding hydrogens is 118 g/mol. The molecule has 0 saturated carbocycles. The first kappa shape index (κ1) is 11.1. The Morgan fingerprint density at radius 1 is 1.33 bits per heavy atom. The number of nitrogens with one attached hydrogen (secondary N) is 1. The maximum absolute atomic E-state index is 9.00. The molecule has 0 atom stereocenters. The Morgan fingerprint density at radius 2 is 1.56 bits per heavy atom. The molecule has 0 spiro atoms. The molecule has 0 heterocycles. The molecule has 0 radical (unpaired) electrons. The van der Waals surface area contributed by atoms with Crippen LogP contribution in [0.1, 0.15) is 13.8 Å². The molecule has 2 amide bonds. The Morgan fingerprint density at radius 3 is 1.56 bits per heavy atom.